The molecule has 2 aromatic carbocycles. The Hall–Kier alpha value is -3.68. The Balaban J connectivity index is 1.75. The Morgan fingerprint density at radius 3 is 2.45 bits per heavy atom. The number of amides is 2. The number of nitrogens with one attached hydrogen (secondary N) is 3. The molecule has 0 bridgehead atoms. The van der Waals surface area contributed by atoms with E-state index in [1.165, 1.54) is 7.11 Å². The van der Waals surface area contributed by atoms with E-state index in [1.807, 2.05) is 25.1 Å². The van der Waals surface area contributed by atoms with Crippen molar-refractivity contribution in [2.75, 3.05) is 27.4 Å². The van der Waals surface area contributed by atoms with Gasteiger partial charge in [0.15, 0.2) is 6.61 Å². The second-order valence-electron chi connectivity index (χ2n) is 6.10. The van der Waals surface area contributed by atoms with Crippen LogP contribution in [-0.2, 0) is 9.59 Å². The average molecular weight is 399 g/mol. The summed E-state index contributed by atoms with van der Waals surface area (Å²) in [5, 5.41) is 2.48. The van der Waals surface area contributed by atoms with Crippen LogP contribution in [0.4, 0.5) is 0 Å². The van der Waals surface area contributed by atoms with Crippen LogP contribution < -0.4 is 30.4 Å². The van der Waals surface area contributed by atoms with Gasteiger partial charge in [-0.1, -0.05) is 18.7 Å². The van der Waals surface area contributed by atoms with Crippen molar-refractivity contribution in [2.24, 2.45) is 0 Å². The van der Waals surface area contributed by atoms with E-state index in [-0.39, 0.29) is 13.2 Å². The molecule has 3 N–H and O–H groups in total. The summed E-state index contributed by atoms with van der Waals surface area (Å²) in [6.45, 7) is 5.41. The summed E-state index contributed by atoms with van der Waals surface area (Å²) in [6.07, 6.45) is 0. The Morgan fingerprint density at radius 1 is 0.966 bits per heavy atom. The molecule has 0 heterocycles. The molecule has 0 aliphatic heterocycles. The van der Waals surface area contributed by atoms with Crippen LogP contribution in [0.5, 0.6) is 17.2 Å². The number of hydrogen-bond donors (Lipinski definition) is 3. The fourth-order valence-corrected chi connectivity index (χ4v) is 2.39. The van der Waals surface area contributed by atoms with E-state index >= 15 is 0 Å². The molecule has 0 saturated carbocycles. The lowest BCUT2D eigenvalue weighted by Gasteiger charge is -2.15. The van der Waals surface area contributed by atoms with Gasteiger partial charge in [-0.3, -0.25) is 20.4 Å². The van der Waals surface area contributed by atoms with E-state index in [9.17, 15) is 9.59 Å². The van der Waals surface area contributed by atoms with Crippen LogP contribution in [0.3, 0.4) is 0 Å². The molecule has 2 amide bonds. The predicted octanol–water partition coefficient (Wildman–Crippen LogP) is 1.80. The van der Waals surface area contributed by atoms with Crippen molar-refractivity contribution < 1.29 is 23.8 Å². The molecule has 8 nitrogen and oxygen atoms in total. The highest BCUT2D eigenvalue weighted by Crippen LogP contribution is 2.27. The first-order chi connectivity index (χ1) is 13.9. The molecule has 0 spiro atoms. The van der Waals surface area contributed by atoms with E-state index in [1.54, 1.807) is 31.4 Å². The van der Waals surface area contributed by atoms with E-state index in [0.717, 1.165) is 5.56 Å². The molecular weight excluding hydrogens is 374 g/mol. The Labute approximate surface area is 169 Å². The maximum Gasteiger partial charge on any atom is 0.258 e. The fraction of sp³-hybridized carbons (Fsp3) is 0.238. The maximum absolute atomic E-state index is 11.9. The monoisotopic (exact) mass is 399 g/mol. The molecule has 0 aliphatic carbocycles. The third-order valence-electron chi connectivity index (χ3n) is 3.89. The van der Waals surface area contributed by atoms with Crippen molar-refractivity contribution in [1.29, 1.82) is 0 Å². The molecule has 0 fully saturated rings. The van der Waals surface area contributed by atoms with Gasteiger partial charge in [0, 0.05) is 11.6 Å². The van der Waals surface area contributed by atoms with Gasteiger partial charge in [-0.2, -0.15) is 0 Å². The first kappa shape index (κ1) is 21.6. The summed E-state index contributed by atoms with van der Waals surface area (Å²) in [6, 6.07) is 12.6. The number of ether oxygens (including phenoxy) is 3. The minimum atomic E-state index is -0.442. The number of hydrazine groups is 1. The molecule has 8 heteroatoms. The van der Waals surface area contributed by atoms with Crippen molar-refractivity contribution in [3.8, 4) is 17.2 Å². The molecule has 154 valence electrons. The van der Waals surface area contributed by atoms with Crippen LogP contribution in [0, 0.1) is 6.92 Å². The zero-order valence-electron chi connectivity index (χ0n) is 16.7. The topological polar surface area (TPSA) is 97.9 Å². The van der Waals surface area contributed by atoms with Gasteiger partial charge in [0.2, 0.25) is 0 Å². The van der Waals surface area contributed by atoms with Gasteiger partial charge in [0.1, 0.15) is 17.2 Å². The molecule has 0 aliphatic rings. The van der Waals surface area contributed by atoms with Crippen molar-refractivity contribution in [1.82, 2.24) is 16.2 Å². The lowest BCUT2D eigenvalue weighted by Crippen LogP contribution is -2.43. The highest BCUT2D eigenvalue weighted by Gasteiger charge is 2.10. The second kappa shape index (κ2) is 10.6. The van der Waals surface area contributed by atoms with Crippen molar-refractivity contribution in [3.05, 3.63) is 60.2 Å². The largest absolute Gasteiger partial charge is 0.497 e. The Kier molecular flexibility index (Phi) is 7.90. The first-order valence-corrected chi connectivity index (χ1v) is 8.85. The van der Waals surface area contributed by atoms with Gasteiger partial charge in [0.05, 0.1) is 26.5 Å². The summed E-state index contributed by atoms with van der Waals surface area (Å²) < 4.78 is 15.8. The van der Waals surface area contributed by atoms with Crippen LogP contribution in [0.25, 0.3) is 5.70 Å². The smallest absolute Gasteiger partial charge is 0.258 e. The summed E-state index contributed by atoms with van der Waals surface area (Å²) >= 11 is 0. The molecular formula is C21H25N3O5. The van der Waals surface area contributed by atoms with Crippen LogP contribution >= 0.6 is 0 Å². The van der Waals surface area contributed by atoms with Crippen molar-refractivity contribution in [2.45, 2.75) is 6.92 Å². The Bertz CT molecular complexity index is 882. The van der Waals surface area contributed by atoms with Crippen molar-refractivity contribution in [3.63, 3.8) is 0 Å². The summed E-state index contributed by atoms with van der Waals surface area (Å²) in [5.74, 6) is 0.923. The van der Waals surface area contributed by atoms with Gasteiger partial charge >= 0.3 is 0 Å². The lowest BCUT2D eigenvalue weighted by molar-refractivity contribution is -0.127. The lowest BCUT2D eigenvalue weighted by atomic mass is 10.1. The fourth-order valence-electron chi connectivity index (χ4n) is 2.39. The van der Waals surface area contributed by atoms with Gasteiger partial charge < -0.3 is 19.5 Å². The quantitative estimate of drug-likeness (QED) is 0.527. The number of aryl methyl sites for hydroxylation is 1. The second-order valence-corrected chi connectivity index (χ2v) is 6.10. The predicted molar refractivity (Wildman–Crippen MR) is 110 cm³/mol. The number of rotatable bonds is 10. The van der Waals surface area contributed by atoms with Crippen LogP contribution in [0.15, 0.2) is 49.0 Å². The number of hydrogen-bond acceptors (Lipinski definition) is 6. The van der Waals surface area contributed by atoms with Crippen LogP contribution in [-0.4, -0.2) is 39.2 Å². The zero-order valence-corrected chi connectivity index (χ0v) is 16.7. The molecule has 0 radical (unpaired) electrons. The number of carbonyl (C=O) groups is 2. The third kappa shape index (κ3) is 6.76. The normalized spacial score (nSPS) is 9.90. The number of carbonyl (C=O) groups excluding carboxylic acids is 2. The van der Waals surface area contributed by atoms with Crippen molar-refractivity contribution >= 4 is 17.5 Å². The van der Waals surface area contributed by atoms with Crippen LogP contribution in [0.2, 0.25) is 0 Å². The van der Waals surface area contributed by atoms with Gasteiger partial charge in [-0.15, -0.1) is 0 Å². The molecule has 2 aromatic rings. The van der Waals surface area contributed by atoms with E-state index < -0.39 is 11.8 Å². The molecule has 0 atom stereocenters. The maximum atomic E-state index is 11.9. The van der Waals surface area contributed by atoms with E-state index in [4.69, 9.17) is 14.2 Å². The standard InChI is InChI=1S/C21H25N3O5/c1-14-6-5-7-17(10-14)29-13-21(26)22-12-20(25)24-23-15(2)18-9-8-16(27-3)11-19(18)28-4/h5-11,23H,2,12-13H2,1,3-4H3,(H,22,26)(H,24,25). The molecule has 29 heavy (non-hydrogen) atoms. The molecule has 2 rings (SSSR count). The molecule has 0 aromatic heterocycles. The van der Waals surface area contributed by atoms with E-state index in [0.29, 0.717) is 28.5 Å². The SMILES string of the molecule is C=C(NNC(=O)CNC(=O)COc1cccc(C)c1)c1ccc(OC)cc1OC. The Morgan fingerprint density at radius 2 is 1.76 bits per heavy atom. The molecule has 0 saturated heterocycles. The highest BCUT2D eigenvalue weighted by molar-refractivity contribution is 5.85. The summed E-state index contributed by atoms with van der Waals surface area (Å²) in [4.78, 5) is 23.8. The summed E-state index contributed by atoms with van der Waals surface area (Å²) in [7, 11) is 3.08. The number of benzene rings is 2. The first-order valence-electron chi connectivity index (χ1n) is 8.85. The molecule has 0 unspecified atom stereocenters. The minimum absolute atomic E-state index is 0.181. The minimum Gasteiger partial charge on any atom is -0.497 e. The third-order valence-corrected chi connectivity index (χ3v) is 3.89. The average Bonchev–Trinajstić information content (AvgIpc) is 2.74. The van der Waals surface area contributed by atoms with Gasteiger partial charge in [-0.25, -0.2) is 0 Å². The van der Waals surface area contributed by atoms with E-state index in [2.05, 4.69) is 22.7 Å². The highest BCUT2D eigenvalue weighted by atomic mass is 16.5. The van der Waals surface area contributed by atoms with Gasteiger partial charge in [0.25, 0.3) is 11.8 Å². The number of methoxy groups -OCH3 is 2. The van der Waals surface area contributed by atoms with Crippen LogP contribution in [0.1, 0.15) is 11.1 Å². The van der Waals surface area contributed by atoms with Gasteiger partial charge in [-0.05, 0) is 36.8 Å². The summed E-state index contributed by atoms with van der Waals surface area (Å²) in [5.41, 5.74) is 7.28. The zero-order chi connectivity index (χ0) is 21.2.